The van der Waals surface area contributed by atoms with E-state index in [1.807, 2.05) is 22.9 Å². The van der Waals surface area contributed by atoms with Crippen LogP contribution in [0.4, 0.5) is 0 Å². The molecule has 0 radical (unpaired) electrons. The van der Waals surface area contributed by atoms with Crippen molar-refractivity contribution in [2.75, 3.05) is 0 Å². The fourth-order valence-corrected chi connectivity index (χ4v) is 3.94. The molecule has 114 valence electrons. The van der Waals surface area contributed by atoms with Gasteiger partial charge in [-0.2, -0.15) is 5.10 Å². The molecule has 1 N–H and O–H groups in total. The molecule has 0 saturated heterocycles. The largest absolute Gasteiger partial charge is 0.307 e. The first-order chi connectivity index (χ1) is 11.7. The quantitative estimate of drug-likeness (QED) is 0.729. The van der Waals surface area contributed by atoms with Gasteiger partial charge in [0.15, 0.2) is 10.4 Å². The normalized spacial score (nSPS) is 27.2. The van der Waals surface area contributed by atoms with Crippen LogP contribution in [0.15, 0.2) is 24.7 Å². The number of hydrogen-bond acceptors (Lipinski definition) is 3. The Balaban J connectivity index is 1.96. The van der Waals surface area contributed by atoms with Gasteiger partial charge in [0.2, 0.25) is 0 Å². The Labute approximate surface area is 142 Å². The van der Waals surface area contributed by atoms with Crippen LogP contribution in [0.1, 0.15) is 35.3 Å². The van der Waals surface area contributed by atoms with Gasteiger partial charge in [-0.05, 0) is 42.6 Å². The highest BCUT2D eigenvalue weighted by Gasteiger charge is 2.48. The molecule has 0 aliphatic heterocycles. The molecule has 3 heterocycles. The van der Waals surface area contributed by atoms with Gasteiger partial charge in [0, 0.05) is 29.7 Å². The molecule has 3 aromatic rings. The first kappa shape index (κ1) is 11.0. The zero-order valence-corrected chi connectivity index (χ0v) is 13.4. The van der Waals surface area contributed by atoms with Crippen LogP contribution in [0, 0.1) is 10.7 Å². The summed E-state index contributed by atoms with van der Waals surface area (Å²) in [4.78, 5) is 4.23. The standard InChI is InChI=1S/C15H16ClN5S/c1-9-6-15(7-9,13-18-19-14(22)20(13)2)10-5-11(16)12-17-3-4-21(12)8-10/h3-5,8-9H,6-7H2,1-2H3,(H,19,22)/i2D3. The van der Waals surface area contributed by atoms with E-state index in [1.165, 1.54) is 0 Å². The van der Waals surface area contributed by atoms with E-state index in [9.17, 15) is 0 Å². The number of fused-ring (bicyclic) bond motifs is 1. The molecule has 1 aliphatic carbocycles. The maximum atomic E-state index is 7.84. The SMILES string of the molecule is [2H]C([2H])([2H])n1c(C2(c3cc(Cl)c4nccn4c3)CC(C)C2)n[nH]c1=S. The van der Waals surface area contributed by atoms with Gasteiger partial charge in [-0.1, -0.05) is 18.5 Å². The van der Waals surface area contributed by atoms with Gasteiger partial charge < -0.3 is 8.97 Å². The minimum atomic E-state index is -2.39. The summed E-state index contributed by atoms with van der Waals surface area (Å²) < 4.78 is 26.6. The lowest BCUT2D eigenvalue weighted by Gasteiger charge is -2.46. The summed E-state index contributed by atoms with van der Waals surface area (Å²) >= 11 is 11.6. The first-order valence-corrected chi connectivity index (χ1v) is 7.82. The highest BCUT2D eigenvalue weighted by Crippen LogP contribution is 2.51. The molecule has 4 rings (SSSR count). The number of pyridine rings is 1. The third-order valence-electron chi connectivity index (χ3n) is 4.49. The van der Waals surface area contributed by atoms with Crippen molar-refractivity contribution in [1.29, 1.82) is 0 Å². The molecule has 0 aromatic carbocycles. The highest BCUT2D eigenvalue weighted by atomic mass is 35.5. The molecule has 0 bridgehead atoms. The number of rotatable bonds is 2. The van der Waals surface area contributed by atoms with Gasteiger partial charge >= 0.3 is 0 Å². The van der Waals surface area contributed by atoms with Crippen LogP contribution in [-0.2, 0) is 12.4 Å². The van der Waals surface area contributed by atoms with Crippen LogP contribution < -0.4 is 0 Å². The maximum absolute atomic E-state index is 7.84. The highest BCUT2D eigenvalue weighted by molar-refractivity contribution is 7.71. The van der Waals surface area contributed by atoms with Crippen molar-refractivity contribution in [3.05, 3.63) is 45.8 Å². The molecule has 0 atom stereocenters. The van der Waals surface area contributed by atoms with E-state index < -0.39 is 12.4 Å². The van der Waals surface area contributed by atoms with Crippen molar-refractivity contribution < 1.29 is 4.11 Å². The lowest BCUT2D eigenvalue weighted by Crippen LogP contribution is -2.43. The summed E-state index contributed by atoms with van der Waals surface area (Å²) in [5.41, 5.74) is 1.05. The van der Waals surface area contributed by atoms with Crippen molar-refractivity contribution >= 4 is 29.5 Å². The predicted octanol–water partition coefficient (Wildman–Crippen LogP) is 3.49. The second kappa shape index (κ2) is 4.67. The fraction of sp³-hybridized carbons (Fsp3) is 0.400. The summed E-state index contributed by atoms with van der Waals surface area (Å²) in [7, 11) is 0. The Morgan fingerprint density at radius 3 is 3.09 bits per heavy atom. The third-order valence-corrected chi connectivity index (χ3v) is 5.04. The topological polar surface area (TPSA) is 50.9 Å². The van der Waals surface area contributed by atoms with Crippen LogP contribution in [-0.4, -0.2) is 24.1 Å². The summed E-state index contributed by atoms with van der Waals surface area (Å²) in [6.45, 7) is -0.259. The molecule has 3 aromatic heterocycles. The number of hydrogen-bond donors (Lipinski definition) is 1. The van der Waals surface area contributed by atoms with Crippen LogP contribution in [0.25, 0.3) is 5.65 Å². The summed E-state index contributed by atoms with van der Waals surface area (Å²) in [6, 6.07) is 1.86. The molecule has 0 amide bonds. The number of imidazole rings is 1. The van der Waals surface area contributed by atoms with Crippen molar-refractivity contribution in [1.82, 2.24) is 24.1 Å². The van der Waals surface area contributed by atoms with Gasteiger partial charge in [-0.25, -0.2) is 4.98 Å². The smallest absolute Gasteiger partial charge is 0.194 e. The Bertz CT molecular complexity index is 1010. The van der Waals surface area contributed by atoms with Gasteiger partial charge in [-0.15, -0.1) is 0 Å². The molecule has 1 saturated carbocycles. The van der Waals surface area contributed by atoms with Gasteiger partial charge in [0.25, 0.3) is 0 Å². The molecule has 0 spiro atoms. The minimum absolute atomic E-state index is 0.101. The fourth-order valence-electron chi connectivity index (χ4n) is 3.55. The average molecular weight is 337 g/mol. The van der Waals surface area contributed by atoms with E-state index in [-0.39, 0.29) is 4.77 Å². The second-order valence-corrected chi connectivity index (χ2v) is 6.81. The van der Waals surface area contributed by atoms with E-state index in [2.05, 4.69) is 22.1 Å². The Morgan fingerprint density at radius 2 is 2.36 bits per heavy atom. The van der Waals surface area contributed by atoms with Crippen LogP contribution in [0.2, 0.25) is 5.02 Å². The number of aromatic amines is 1. The number of H-pyrrole nitrogens is 1. The lowest BCUT2D eigenvalue weighted by atomic mass is 9.59. The lowest BCUT2D eigenvalue weighted by molar-refractivity contribution is 0.184. The zero-order valence-electron chi connectivity index (χ0n) is 14.9. The molecular formula is C15H16ClN5S. The van der Waals surface area contributed by atoms with Crippen LogP contribution in [0.3, 0.4) is 0 Å². The summed E-state index contributed by atoms with van der Waals surface area (Å²) in [5.74, 6) is 0.888. The maximum Gasteiger partial charge on any atom is 0.194 e. The molecule has 22 heavy (non-hydrogen) atoms. The number of halogens is 1. The van der Waals surface area contributed by atoms with Crippen LogP contribution in [0.5, 0.6) is 0 Å². The minimum Gasteiger partial charge on any atom is -0.307 e. The Kier molecular flexibility index (Phi) is 2.33. The van der Waals surface area contributed by atoms with Gasteiger partial charge in [-0.3, -0.25) is 5.10 Å². The molecule has 0 unspecified atom stereocenters. The molecule has 1 aliphatic rings. The number of nitrogens with one attached hydrogen (secondary N) is 1. The molecule has 5 nitrogen and oxygen atoms in total. The van der Waals surface area contributed by atoms with Crippen molar-refractivity contribution in [2.45, 2.75) is 25.2 Å². The number of nitrogens with zero attached hydrogens (tertiary/aromatic N) is 4. The predicted molar refractivity (Wildman–Crippen MR) is 87.8 cm³/mol. The van der Waals surface area contributed by atoms with E-state index in [0.717, 1.165) is 23.0 Å². The van der Waals surface area contributed by atoms with E-state index in [1.54, 1.807) is 6.20 Å². The van der Waals surface area contributed by atoms with Crippen molar-refractivity contribution in [2.24, 2.45) is 12.9 Å². The van der Waals surface area contributed by atoms with E-state index in [4.69, 9.17) is 27.9 Å². The summed E-state index contributed by atoms with van der Waals surface area (Å²) in [5, 5.41) is 7.48. The Hall–Kier alpha value is -1.66. The molecule has 7 heteroatoms. The molecule has 1 fully saturated rings. The molecular weight excluding hydrogens is 318 g/mol. The van der Waals surface area contributed by atoms with Crippen molar-refractivity contribution in [3.63, 3.8) is 0 Å². The monoisotopic (exact) mass is 336 g/mol. The zero-order chi connectivity index (χ0) is 18.0. The van der Waals surface area contributed by atoms with Gasteiger partial charge in [0.1, 0.15) is 5.82 Å². The third kappa shape index (κ3) is 1.80. The van der Waals surface area contributed by atoms with E-state index >= 15 is 0 Å². The average Bonchev–Trinajstić information content (AvgIpc) is 3.09. The van der Waals surface area contributed by atoms with Crippen molar-refractivity contribution in [3.8, 4) is 0 Å². The van der Waals surface area contributed by atoms with E-state index in [0.29, 0.717) is 22.4 Å². The number of aromatic nitrogens is 5. The second-order valence-electron chi connectivity index (χ2n) is 6.02. The summed E-state index contributed by atoms with van der Waals surface area (Å²) in [6.07, 6.45) is 7.00. The van der Waals surface area contributed by atoms with Crippen LogP contribution >= 0.6 is 23.8 Å². The Morgan fingerprint density at radius 1 is 1.55 bits per heavy atom. The first-order valence-electron chi connectivity index (χ1n) is 8.53. The van der Waals surface area contributed by atoms with Gasteiger partial charge in [0.05, 0.1) is 10.4 Å².